The predicted molar refractivity (Wildman–Crippen MR) is 156 cm³/mol. The molecule has 2 aromatic carbocycles. The van der Waals surface area contributed by atoms with Crippen LogP contribution in [-0.4, -0.2) is 48.8 Å². The molecule has 1 aliphatic carbocycles. The molecule has 206 valence electrons. The van der Waals surface area contributed by atoms with Crippen molar-refractivity contribution in [2.24, 2.45) is 0 Å². The van der Waals surface area contributed by atoms with E-state index in [1.54, 1.807) is 21.2 Å². The molecule has 1 aliphatic heterocycles. The molecule has 1 fully saturated rings. The highest BCUT2D eigenvalue weighted by atomic mass is 32.2. The monoisotopic (exact) mass is 574 g/mol. The number of nitrogens with one attached hydrogen (secondary N) is 1. The quantitative estimate of drug-likeness (QED) is 0.173. The van der Waals surface area contributed by atoms with Crippen LogP contribution in [0.5, 0.6) is 0 Å². The molecule has 0 unspecified atom stereocenters. The lowest BCUT2D eigenvalue weighted by molar-refractivity contribution is -0.132. The van der Waals surface area contributed by atoms with Crippen LogP contribution < -0.4 is 10.9 Å². The van der Waals surface area contributed by atoms with E-state index in [2.05, 4.69) is 28.1 Å². The molecule has 0 radical (unpaired) electrons. The molecular weight excluding hydrogens is 544 g/mol. The summed E-state index contributed by atoms with van der Waals surface area (Å²) in [7, 11) is 0. The largest absolute Gasteiger partial charge is 0.338 e. The second-order valence-corrected chi connectivity index (χ2v) is 11.7. The van der Waals surface area contributed by atoms with Crippen LogP contribution in [-0.2, 0) is 24.3 Å². The van der Waals surface area contributed by atoms with Crippen molar-refractivity contribution in [3.8, 4) is 17.1 Å². The van der Waals surface area contributed by atoms with Gasteiger partial charge in [0.2, 0.25) is 17.6 Å². The van der Waals surface area contributed by atoms with Gasteiger partial charge in [0.15, 0.2) is 5.16 Å². The van der Waals surface area contributed by atoms with Crippen LogP contribution in [0.3, 0.4) is 0 Å². The molecule has 0 saturated heterocycles. The van der Waals surface area contributed by atoms with Crippen molar-refractivity contribution in [2.45, 2.75) is 60.5 Å². The normalized spacial score (nSPS) is 15.1. The van der Waals surface area contributed by atoms with Crippen molar-refractivity contribution in [3.63, 3.8) is 0 Å². The van der Waals surface area contributed by atoms with Crippen LogP contribution in [0.1, 0.15) is 42.8 Å². The van der Waals surface area contributed by atoms with E-state index in [4.69, 9.17) is 9.51 Å². The van der Waals surface area contributed by atoms with Crippen molar-refractivity contribution >= 4 is 30.3 Å². The van der Waals surface area contributed by atoms with Crippen LogP contribution in [0.15, 0.2) is 74.0 Å². The predicted octanol–water partition coefficient (Wildman–Crippen LogP) is 4.28. The van der Waals surface area contributed by atoms with Gasteiger partial charge in [-0.2, -0.15) is 4.98 Å². The van der Waals surface area contributed by atoms with Crippen LogP contribution in [0.25, 0.3) is 17.1 Å². The molecule has 6 rings (SSSR count). The highest BCUT2D eigenvalue weighted by Crippen LogP contribution is 2.37. The Labute approximate surface area is 241 Å². The van der Waals surface area contributed by atoms with Crippen molar-refractivity contribution in [1.82, 2.24) is 29.9 Å². The summed E-state index contributed by atoms with van der Waals surface area (Å²) < 4.78 is 7.01. The Morgan fingerprint density at radius 3 is 2.67 bits per heavy atom. The molecule has 0 spiro atoms. The van der Waals surface area contributed by atoms with Crippen LogP contribution in [0.4, 0.5) is 0 Å². The summed E-state index contributed by atoms with van der Waals surface area (Å²) in [6.07, 6.45) is 4.35. The third kappa shape index (κ3) is 5.72. The van der Waals surface area contributed by atoms with Gasteiger partial charge in [-0.1, -0.05) is 65.8 Å². The lowest BCUT2D eigenvalue weighted by atomic mass is 10.0. The van der Waals surface area contributed by atoms with Crippen molar-refractivity contribution in [3.05, 3.63) is 82.1 Å². The lowest BCUT2D eigenvalue weighted by Crippen LogP contribution is -2.42. The van der Waals surface area contributed by atoms with Gasteiger partial charge in [-0.05, 0) is 25.0 Å². The van der Waals surface area contributed by atoms with E-state index in [0.717, 1.165) is 34.9 Å². The van der Waals surface area contributed by atoms with Crippen molar-refractivity contribution in [1.29, 1.82) is 0 Å². The van der Waals surface area contributed by atoms with Crippen molar-refractivity contribution < 1.29 is 9.32 Å². The second-order valence-electron chi connectivity index (χ2n) is 9.99. The fraction of sp³-hybridized carbons (Fsp3) is 0.345. The lowest BCUT2D eigenvalue weighted by Gasteiger charge is -2.30. The van der Waals surface area contributed by atoms with Gasteiger partial charge in [0.25, 0.3) is 5.56 Å². The Morgan fingerprint density at radius 1 is 1.10 bits per heavy atom. The third-order valence-electron chi connectivity index (χ3n) is 7.29. The Balaban J connectivity index is 1.11. The number of thioether (sulfide) groups is 1. The number of amides is 1. The first-order valence-corrected chi connectivity index (χ1v) is 14.9. The van der Waals surface area contributed by atoms with Crippen LogP contribution >= 0.6 is 24.4 Å². The first-order chi connectivity index (χ1) is 19.6. The highest BCUT2D eigenvalue weighted by Gasteiger charge is 2.29. The maximum atomic E-state index is 13.9. The van der Waals surface area contributed by atoms with Gasteiger partial charge in [-0.25, -0.2) is 4.98 Å². The topological polar surface area (TPSA) is 106 Å². The SMILES string of the molecule is O=C(CCNCc1nc(-c2ccccc2)no1)N1CCc2nc(SC3CCC3)n(-c3ccccc3S)c(=O)c2C1. The Morgan fingerprint density at radius 2 is 1.90 bits per heavy atom. The van der Waals surface area contributed by atoms with Gasteiger partial charge in [0, 0.05) is 41.6 Å². The molecule has 2 aliphatic rings. The van der Waals surface area contributed by atoms with Gasteiger partial charge in [-0.15, -0.1) is 12.6 Å². The number of fused-ring (bicyclic) bond motifs is 1. The first-order valence-electron chi connectivity index (χ1n) is 13.5. The number of aromatic nitrogens is 4. The zero-order valence-corrected chi connectivity index (χ0v) is 23.7. The van der Waals surface area contributed by atoms with Crippen molar-refractivity contribution in [2.75, 3.05) is 13.1 Å². The fourth-order valence-corrected chi connectivity index (χ4v) is 6.41. The van der Waals surface area contributed by atoms with E-state index in [0.29, 0.717) is 59.9 Å². The summed E-state index contributed by atoms with van der Waals surface area (Å²) in [4.78, 5) is 38.8. The smallest absolute Gasteiger partial charge is 0.264 e. The molecule has 2 aromatic heterocycles. The molecule has 1 amide bonds. The van der Waals surface area contributed by atoms with Gasteiger partial charge < -0.3 is 14.7 Å². The fourth-order valence-electron chi connectivity index (χ4n) is 4.83. The first kappa shape index (κ1) is 26.8. The van der Waals surface area contributed by atoms with Gasteiger partial charge >= 0.3 is 0 Å². The minimum Gasteiger partial charge on any atom is -0.338 e. The Kier molecular flexibility index (Phi) is 8.03. The maximum Gasteiger partial charge on any atom is 0.264 e. The number of carbonyl (C=O) groups excluding carboxylic acids is 1. The molecular formula is C29H30N6O3S2. The number of rotatable bonds is 9. The maximum absolute atomic E-state index is 13.9. The summed E-state index contributed by atoms with van der Waals surface area (Å²) in [5.74, 6) is 0.987. The third-order valence-corrected chi connectivity index (χ3v) is 8.96. The van der Waals surface area contributed by atoms with E-state index in [1.807, 2.05) is 54.6 Å². The van der Waals surface area contributed by atoms with Crippen LogP contribution in [0, 0.1) is 0 Å². The molecule has 0 bridgehead atoms. The van der Waals surface area contributed by atoms with E-state index in [1.165, 1.54) is 6.42 Å². The minimum atomic E-state index is -0.116. The summed E-state index contributed by atoms with van der Waals surface area (Å²) in [6, 6.07) is 17.2. The minimum absolute atomic E-state index is 0.0119. The number of hydrogen-bond donors (Lipinski definition) is 2. The summed E-state index contributed by atoms with van der Waals surface area (Å²) in [5, 5.41) is 8.43. The molecule has 40 heavy (non-hydrogen) atoms. The summed E-state index contributed by atoms with van der Waals surface area (Å²) in [6.45, 7) is 1.63. The zero-order valence-electron chi connectivity index (χ0n) is 22.0. The number of carbonyl (C=O) groups is 1. The van der Waals surface area contributed by atoms with E-state index in [-0.39, 0.29) is 18.0 Å². The molecule has 4 aromatic rings. The summed E-state index contributed by atoms with van der Waals surface area (Å²) in [5.41, 5.74) is 2.87. The molecule has 0 atom stereocenters. The average Bonchev–Trinajstić information content (AvgIpc) is 3.43. The zero-order chi connectivity index (χ0) is 27.5. The number of thiol groups is 1. The molecule has 1 saturated carbocycles. The van der Waals surface area contributed by atoms with E-state index >= 15 is 0 Å². The molecule has 9 nitrogen and oxygen atoms in total. The Bertz CT molecular complexity index is 1570. The standard InChI is InChI=1S/C29H30N6O3S2/c36-26(13-15-30-17-25-32-27(33-38-25)19-7-2-1-3-8-19)34-16-14-22-21(18-34)28(37)35(23-11-4-5-12-24(23)39)29(31-22)40-20-9-6-10-20/h1-5,7-8,11-12,20,30,39H,6,9-10,13-18H2. The summed E-state index contributed by atoms with van der Waals surface area (Å²) >= 11 is 6.30. The molecule has 1 N–H and O–H groups in total. The van der Waals surface area contributed by atoms with Gasteiger partial charge in [0.05, 0.1) is 30.0 Å². The van der Waals surface area contributed by atoms with Crippen LogP contribution in [0.2, 0.25) is 0 Å². The van der Waals surface area contributed by atoms with Gasteiger partial charge in [0.1, 0.15) is 0 Å². The van der Waals surface area contributed by atoms with E-state index < -0.39 is 0 Å². The number of para-hydroxylation sites is 1. The molecule has 3 heterocycles. The average molecular weight is 575 g/mol. The number of nitrogens with zero attached hydrogens (tertiary/aromatic N) is 5. The number of hydrogen-bond acceptors (Lipinski definition) is 9. The van der Waals surface area contributed by atoms with Gasteiger partial charge in [-0.3, -0.25) is 14.2 Å². The number of benzene rings is 2. The Hall–Kier alpha value is -3.41. The molecule has 11 heteroatoms. The highest BCUT2D eigenvalue weighted by molar-refractivity contribution is 7.99. The second kappa shape index (κ2) is 12.0. The van der Waals surface area contributed by atoms with E-state index in [9.17, 15) is 9.59 Å².